The van der Waals surface area contributed by atoms with Crippen molar-refractivity contribution in [3.63, 3.8) is 0 Å². The minimum atomic E-state index is -3.09. The summed E-state index contributed by atoms with van der Waals surface area (Å²) in [5.41, 5.74) is -0.611. The predicted molar refractivity (Wildman–Crippen MR) is 63.7 cm³/mol. The molecule has 0 bridgehead atoms. The largest absolute Gasteiger partial charge is 0.478 e. The third-order valence-electron chi connectivity index (χ3n) is 2.30. The molecule has 0 saturated heterocycles. The summed E-state index contributed by atoms with van der Waals surface area (Å²) in [7, 11) is 0. The van der Waals surface area contributed by atoms with Crippen LogP contribution in [0.4, 0.5) is 8.78 Å². The average molecular weight is 279 g/mol. The van der Waals surface area contributed by atoms with Gasteiger partial charge >= 0.3 is 12.6 Å². The summed E-state index contributed by atoms with van der Waals surface area (Å²) in [5.74, 6) is -1.70. The van der Waals surface area contributed by atoms with Crippen molar-refractivity contribution in [2.45, 2.75) is 32.8 Å². The molecule has 0 heterocycles. The van der Waals surface area contributed by atoms with E-state index in [-0.39, 0.29) is 16.3 Å². The van der Waals surface area contributed by atoms with Gasteiger partial charge in [0.2, 0.25) is 0 Å². The highest BCUT2D eigenvalue weighted by molar-refractivity contribution is 6.31. The first-order chi connectivity index (χ1) is 8.12. The number of carboxylic acids is 1. The van der Waals surface area contributed by atoms with Crippen LogP contribution in [0.5, 0.6) is 5.75 Å². The fraction of sp³-hybridized carbons (Fsp3) is 0.417. The van der Waals surface area contributed by atoms with E-state index in [0.29, 0.717) is 5.56 Å². The van der Waals surface area contributed by atoms with Crippen LogP contribution in [-0.4, -0.2) is 17.7 Å². The second-order valence-corrected chi connectivity index (χ2v) is 5.20. The lowest BCUT2D eigenvalue weighted by Gasteiger charge is -2.24. The van der Waals surface area contributed by atoms with Crippen LogP contribution in [-0.2, 0) is 5.41 Å². The molecule has 0 aliphatic rings. The molecular weight excluding hydrogens is 266 g/mol. The van der Waals surface area contributed by atoms with Crippen molar-refractivity contribution in [3.8, 4) is 5.75 Å². The normalized spacial score (nSPS) is 11.7. The van der Waals surface area contributed by atoms with Crippen molar-refractivity contribution in [1.29, 1.82) is 0 Å². The molecule has 18 heavy (non-hydrogen) atoms. The lowest BCUT2D eigenvalue weighted by molar-refractivity contribution is -0.0513. The van der Waals surface area contributed by atoms with E-state index in [1.807, 2.05) is 0 Å². The molecule has 0 unspecified atom stereocenters. The summed E-state index contributed by atoms with van der Waals surface area (Å²) >= 11 is 5.80. The maximum absolute atomic E-state index is 12.4. The Balaban J connectivity index is 3.53. The summed E-state index contributed by atoms with van der Waals surface area (Å²) in [6.45, 7) is 2.17. The fourth-order valence-electron chi connectivity index (χ4n) is 1.53. The summed E-state index contributed by atoms with van der Waals surface area (Å²) in [6, 6.07) is 2.53. The number of rotatable bonds is 3. The van der Waals surface area contributed by atoms with Crippen molar-refractivity contribution in [1.82, 2.24) is 0 Å². The zero-order valence-corrected chi connectivity index (χ0v) is 10.9. The Morgan fingerprint density at radius 1 is 1.39 bits per heavy atom. The van der Waals surface area contributed by atoms with Gasteiger partial charge in [-0.15, -0.1) is 0 Å². The number of benzene rings is 1. The molecule has 1 N–H and O–H groups in total. The van der Waals surface area contributed by atoms with Gasteiger partial charge in [0.1, 0.15) is 11.3 Å². The number of aromatic carboxylic acids is 1. The molecule has 0 fully saturated rings. The molecule has 0 aromatic heterocycles. The van der Waals surface area contributed by atoms with Gasteiger partial charge in [0.05, 0.1) is 0 Å². The van der Waals surface area contributed by atoms with Gasteiger partial charge in [-0.25, -0.2) is 4.79 Å². The van der Waals surface area contributed by atoms with Crippen molar-refractivity contribution >= 4 is 17.6 Å². The van der Waals surface area contributed by atoms with Crippen LogP contribution >= 0.6 is 11.6 Å². The Morgan fingerprint density at radius 2 is 1.94 bits per heavy atom. The van der Waals surface area contributed by atoms with Gasteiger partial charge in [-0.05, 0) is 17.5 Å². The van der Waals surface area contributed by atoms with Crippen molar-refractivity contribution in [2.24, 2.45) is 0 Å². The molecule has 1 aromatic rings. The number of halogens is 3. The molecule has 3 nitrogen and oxygen atoms in total. The molecule has 1 rings (SSSR count). The Bertz CT molecular complexity index is 467. The molecule has 0 radical (unpaired) electrons. The van der Waals surface area contributed by atoms with E-state index in [0.717, 1.165) is 6.07 Å². The van der Waals surface area contributed by atoms with E-state index in [4.69, 9.17) is 16.7 Å². The van der Waals surface area contributed by atoms with E-state index in [1.165, 1.54) is 6.07 Å². The number of carbonyl (C=O) groups is 1. The Hall–Kier alpha value is -1.36. The van der Waals surface area contributed by atoms with Crippen LogP contribution in [0.15, 0.2) is 12.1 Å². The van der Waals surface area contributed by atoms with Gasteiger partial charge in [0.15, 0.2) is 0 Å². The highest BCUT2D eigenvalue weighted by Crippen LogP contribution is 2.37. The smallest absolute Gasteiger partial charge is 0.387 e. The molecule has 0 saturated carbocycles. The third-order valence-corrected chi connectivity index (χ3v) is 2.52. The molecule has 0 atom stereocenters. The molecule has 0 spiro atoms. The summed E-state index contributed by atoms with van der Waals surface area (Å²) in [6.07, 6.45) is 0. The van der Waals surface area contributed by atoms with E-state index < -0.39 is 18.0 Å². The Morgan fingerprint density at radius 3 is 2.33 bits per heavy atom. The Kier molecular flexibility index (Phi) is 4.16. The van der Waals surface area contributed by atoms with Crippen LogP contribution < -0.4 is 4.74 Å². The monoisotopic (exact) mass is 278 g/mol. The lowest BCUT2D eigenvalue weighted by atomic mass is 9.85. The number of alkyl halides is 2. The first-order valence-corrected chi connectivity index (χ1v) is 5.53. The number of hydrogen-bond donors (Lipinski definition) is 1. The molecule has 0 amide bonds. The summed E-state index contributed by atoms with van der Waals surface area (Å²) in [5, 5.41) is 9.18. The maximum Gasteiger partial charge on any atom is 0.387 e. The van der Waals surface area contributed by atoms with Gasteiger partial charge < -0.3 is 9.84 Å². The minimum Gasteiger partial charge on any atom is -0.478 e. The topological polar surface area (TPSA) is 46.5 Å². The number of ether oxygens (including phenoxy) is 1. The van der Waals surface area contributed by atoms with E-state index in [1.54, 1.807) is 20.8 Å². The lowest BCUT2D eigenvalue weighted by Crippen LogP contribution is -2.18. The van der Waals surface area contributed by atoms with Gasteiger partial charge in [-0.2, -0.15) is 8.78 Å². The number of carboxylic acid groups (broad SMARTS) is 1. The van der Waals surface area contributed by atoms with Gasteiger partial charge in [-0.1, -0.05) is 32.4 Å². The summed E-state index contributed by atoms with van der Waals surface area (Å²) < 4.78 is 29.1. The van der Waals surface area contributed by atoms with Gasteiger partial charge in [0, 0.05) is 10.6 Å². The van der Waals surface area contributed by atoms with Gasteiger partial charge in [0.25, 0.3) is 0 Å². The Labute approximate surface area is 108 Å². The minimum absolute atomic E-state index is 0.166. The van der Waals surface area contributed by atoms with Crippen LogP contribution in [0.1, 0.15) is 36.7 Å². The van der Waals surface area contributed by atoms with Crippen LogP contribution in [0.2, 0.25) is 5.02 Å². The van der Waals surface area contributed by atoms with Crippen molar-refractivity contribution < 1.29 is 23.4 Å². The second-order valence-electron chi connectivity index (χ2n) is 4.76. The molecule has 0 aliphatic heterocycles. The van der Waals surface area contributed by atoms with Crippen molar-refractivity contribution in [2.75, 3.05) is 0 Å². The fourth-order valence-corrected chi connectivity index (χ4v) is 1.74. The van der Waals surface area contributed by atoms with Crippen LogP contribution in [0.3, 0.4) is 0 Å². The third kappa shape index (κ3) is 3.32. The SMILES string of the molecule is CC(C)(C)c1cc(Cl)cc(C(=O)O)c1OC(F)F. The number of hydrogen-bond acceptors (Lipinski definition) is 2. The predicted octanol–water partition coefficient (Wildman–Crippen LogP) is 3.94. The maximum atomic E-state index is 12.4. The van der Waals surface area contributed by atoms with E-state index >= 15 is 0 Å². The molecule has 1 aromatic carbocycles. The second kappa shape index (κ2) is 5.10. The van der Waals surface area contributed by atoms with Gasteiger partial charge in [-0.3, -0.25) is 0 Å². The van der Waals surface area contributed by atoms with E-state index in [9.17, 15) is 13.6 Å². The highest BCUT2D eigenvalue weighted by atomic mass is 35.5. The summed E-state index contributed by atoms with van der Waals surface area (Å²) in [4.78, 5) is 11.1. The molecular formula is C12H13ClF2O3. The molecule has 0 aliphatic carbocycles. The average Bonchev–Trinajstić information content (AvgIpc) is 2.17. The zero-order valence-electron chi connectivity index (χ0n) is 10.1. The molecule has 6 heteroatoms. The van der Waals surface area contributed by atoms with Crippen molar-refractivity contribution in [3.05, 3.63) is 28.3 Å². The van der Waals surface area contributed by atoms with E-state index in [2.05, 4.69) is 4.74 Å². The first-order valence-electron chi connectivity index (χ1n) is 5.15. The first kappa shape index (κ1) is 14.7. The zero-order chi connectivity index (χ0) is 14.1. The molecule has 100 valence electrons. The highest BCUT2D eigenvalue weighted by Gasteiger charge is 2.27. The standard InChI is InChI=1S/C12H13ClF2O3/c1-12(2,3)8-5-6(13)4-7(10(16)17)9(8)18-11(14)15/h4-5,11H,1-3H3,(H,16,17). The quantitative estimate of drug-likeness (QED) is 0.911. The van der Waals surface area contributed by atoms with Crippen LogP contribution in [0, 0.1) is 0 Å². The van der Waals surface area contributed by atoms with Crippen LogP contribution in [0.25, 0.3) is 0 Å².